The molecule has 0 saturated heterocycles. The summed E-state index contributed by atoms with van der Waals surface area (Å²) < 4.78 is 0.942. The fraction of sp³-hybridized carbons (Fsp3) is 0.667. The molecule has 12 heavy (non-hydrogen) atoms. The number of hydrogen-bond acceptors (Lipinski definition) is 1. The highest BCUT2D eigenvalue weighted by Crippen LogP contribution is 2.60. The fourth-order valence-corrected chi connectivity index (χ4v) is 2.47. The second-order valence-electron chi connectivity index (χ2n) is 3.89. The van der Waals surface area contributed by atoms with Crippen LogP contribution in [0.1, 0.15) is 20.8 Å². The van der Waals surface area contributed by atoms with E-state index in [0.29, 0.717) is 11.7 Å². The second kappa shape index (κ2) is 3.26. The van der Waals surface area contributed by atoms with Crippen molar-refractivity contribution in [1.29, 1.82) is 0 Å². The van der Waals surface area contributed by atoms with Crippen molar-refractivity contribution < 1.29 is 4.79 Å². The van der Waals surface area contributed by atoms with Crippen molar-refractivity contribution in [1.82, 2.24) is 0 Å². The van der Waals surface area contributed by atoms with E-state index < -0.39 is 0 Å². The van der Waals surface area contributed by atoms with Crippen LogP contribution in [0.4, 0.5) is 0 Å². The molecule has 0 heterocycles. The average molecular weight is 296 g/mol. The molecule has 1 aliphatic rings. The average Bonchev–Trinajstić information content (AvgIpc) is 2.32. The number of Topliss-reactive ketones (excluding diaryl/α,β-unsaturated/α-hetero) is 1. The minimum atomic E-state index is 0.151. The standard InChI is InChI=1S/C9H12Br2O/c1-5(12)8-6(4-7(10)11)9(8,2)3/h4,6,8H,1-3H3. The molecule has 1 rings (SSSR count). The number of allylic oxidation sites excluding steroid dienone is 1. The zero-order valence-corrected chi connectivity index (χ0v) is 10.6. The maximum atomic E-state index is 11.2. The smallest absolute Gasteiger partial charge is 0.134 e. The molecule has 0 spiro atoms. The molecule has 1 nitrogen and oxygen atoms in total. The number of hydrogen-bond donors (Lipinski definition) is 0. The lowest BCUT2D eigenvalue weighted by atomic mass is 10.1. The lowest BCUT2D eigenvalue weighted by molar-refractivity contribution is -0.118. The molecule has 0 aliphatic heterocycles. The quantitative estimate of drug-likeness (QED) is 0.762. The lowest BCUT2D eigenvalue weighted by Crippen LogP contribution is -1.99. The maximum Gasteiger partial charge on any atom is 0.134 e. The SMILES string of the molecule is CC(=O)C1C(C=C(Br)Br)C1(C)C. The van der Waals surface area contributed by atoms with E-state index in [-0.39, 0.29) is 11.3 Å². The largest absolute Gasteiger partial charge is 0.300 e. The van der Waals surface area contributed by atoms with Gasteiger partial charge in [0.05, 0.1) is 3.39 Å². The summed E-state index contributed by atoms with van der Waals surface area (Å²) in [5, 5.41) is 0. The summed E-state index contributed by atoms with van der Waals surface area (Å²) >= 11 is 6.62. The van der Waals surface area contributed by atoms with Crippen molar-refractivity contribution in [3.63, 3.8) is 0 Å². The number of halogens is 2. The number of carbonyl (C=O) groups excluding carboxylic acids is 1. The van der Waals surface area contributed by atoms with E-state index in [4.69, 9.17) is 0 Å². The Morgan fingerprint density at radius 2 is 1.92 bits per heavy atom. The number of carbonyl (C=O) groups is 1. The molecule has 0 aromatic carbocycles. The molecule has 0 amide bonds. The number of rotatable bonds is 2. The van der Waals surface area contributed by atoms with Crippen molar-refractivity contribution in [2.45, 2.75) is 20.8 Å². The minimum Gasteiger partial charge on any atom is -0.300 e. The highest BCUT2D eigenvalue weighted by molar-refractivity contribution is 9.28. The molecule has 0 aromatic heterocycles. The van der Waals surface area contributed by atoms with Gasteiger partial charge in [0.1, 0.15) is 5.78 Å². The van der Waals surface area contributed by atoms with Gasteiger partial charge in [-0.15, -0.1) is 0 Å². The molecule has 2 unspecified atom stereocenters. The summed E-state index contributed by atoms with van der Waals surface area (Å²) in [6, 6.07) is 0. The zero-order chi connectivity index (χ0) is 9.52. The van der Waals surface area contributed by atoms with Gasteiger partial charge in [-0.05, 0) is 50.1 Å². The van der Waals surface area contributed by atoms with Crippen molar-refractivity contribution in [3.8, 4) is 0 Å². The van der Waals surface area contributed by atoms with Gasteiger partial charge < -0.3 is 0 Å². The van der Waals surface area contributed by atoms with Gasteiger partial charge in [0.2, 0.25) is 0 Å². The first-order valence-electron chi connectivity index (χ1n) is 3.90. The third kappa shape index (κ3) is 1.82. The van der Waals surface area contributed by atoms with Crippen LogP contribution in [0.5, 0.6) is 0 Å². The van der Waals surface area contributed by atoms with Crippen LogP contribution in [0.2, 0.25) is 0 Å². The first-order chi connectivity index (χ1) is 5.37. The van der Waals surface area contributed by atoms with Crippen LogP contribution in [0.3, 0.4) is 0 Å². The first-order valence-corrected chi connectivity index (χ1v) is 5.49. The highest BCUT2D eigenvalue weighted by atomic mass is 79.9. The summed E-state index contributed by atoms with van der Waals surface area (Å²) in [6.07, 6.45) is 2.06. The molecular weight excluding hydrogens is 284 g/mol. The third-order valence-corrected chi connectivity index (χ3v) is 3.18. The van der Waals surface area contributed by atoms with Gasteiger partial charge in [-0.3, -0.25) is 4.79 Å². The molecule has 1 saturated carbocycles. The van der Waals surface area contributed by atoms with Gasteiger partial charge in [-0.1, -0.05) is 19.9 Å². The van der Waals surface area contributed by atoms with Crippen LogP contribution in [0, 0.1) is 17.3 Å². The van der Waals surface area contributed by atoms with E-state index in [9.17, 15) is 4.79 Å². The molecule has 0 N–H and O–H groups in total. The van der Waals surface area contributed by atoms with E-state index in [1.807, 2.05) is 0 Å². The summed E-state index contributed by atoms with van der Waals surface area (Å²) in [5.41, 5.74) is 0.151. The maximum absolute atomic E-state index is 11.2. The molecule has 0 aromatic rings. The Morgan fingerprint density at radius 1 is 1.42 bits per heavy atom. The Balaban J connectivity index is 2.73. The molecule has 0 bridgehead atoms. The molecule has 0 radical (unpaired) electrons. The fourth-order valence-electron chi connectivity index (χ4n) is 1.90. The summed E-state index contributed by atoms with van der Waals surface area (Å²) in [5.74, 6) is 0.897. The minimum absolute atomic E-state index is 0.151. The van der Waals surface area contributed by atoms with Crippen molar-refractivity contribution in [2.75, 3.05) is 0 Å². The van der Waals surface area contributed by atoms with Crippen LogP contribution >= 0.6 is 31.9 Å². The van der Waals surface area contributed by atoms with Gasteiger partial charge in [0.25, 0.3) is 0 Å². The molecule has 1 aliphatic carbocycles. The highest BCUT2D eigenvalue weighted by Gasteiger charge is 2.58. The topological polar surface area (TPSA) is 17.1 Å². The molecule has 3 heteroatoms. The first kappa shape index (κ1) is 10.5. The lowest BCUT2D eigenvalue weighted by Gasteiger charge is -1.96. The summed E-state index contributed by atoms with van der Waals surface area (Å²) in [6.45, 7) is 5.93. The van der Waals surface area contributed by atoms with Gasteiger partial charge in [0.15, 0.2) is 0 Å². The van der Waals surface area contributed by atoms with E-state index in [1.165, 1.54) is 0 Å². The molecule has 68 valence electrons. The third-order valence-electron chi connectivity index (χ3n) is 2.65. The van der Waals surface area contributed by atoms with Gasteiger partial charge in [-0.2, -0.15) is 0 Å². The normalized spacial score (nSPS) is 31.1. The Hall–Kier alpha value is 0.370. The van der Waals surface area contributed by atoms with Crippen molar-refractivity contribution in [2.24, 2.45) is 17.3 Å². The summed E-state index contributed by atoms with van der Waals surface area (Å²) in [4.78, 5) is 11.2. The predicted octanol–water partition coefficient (Wildman–Crippen LogP) is 3.48. The zero-order valence-electron chi connectivity index (χ0n) is 7.40. The second-order valence-corrected chi connectivity index (χ2v) is 6.66. The van der Waals surface area contributed by atoms with Gasteiger partial charge >= 0.3 is 0 Å². The van der Waals surface area contributed by atoms with E-state index >= 15 is 0 Å². The number of ketones is 1. The molecular formula is C9H12Br2O. The van der Waals surface area contributed by atoms with Crippen molar-refractivity contribution in [3.05, 3.63) is 9.47 Å². The Morgan fingerprint density at radius 3 is 2.17 bits per heavy atom. The Labute approximate surface area is 89.9 Å². The van der Waals surface area contributed by atoms with Crippen LogP contribution in [0.15, 0.2) is 9.47 Å². The van der Waals surface area contributed by atoms with Crippen LogP contribution in [-0.4, -0.2) is 5.78 Å². The van der Waals surface area contributed by atoms with Crippen LogP contribution in [0.25, 0.3) is 0 Å². The Bertz CT molecular complexity index is 239. The van der Waals surface area contributed by atoms with Crippen LogP contribution in [-0.2, 0) is 4.79 Å². The van der Waals surface area contributed by atoms with E-state index in [0.717, 1.165) is 3.39 Å². The Kier molecular flexibility index (Phi) is 2.84. The molecule has 2 atom stereocenters. The van der Waals surface area contributed by atoms with Crippen molar-refractivity contribution >= 4 is 37.6 Å². The molecule has 1 fully saturated rings. The predicted molar refractivity (Wildman–Crippen MR) is 57.4 cm³/mol. The monoisotopic (exact) mass is 294 g/mol. The van der Waals surface area contributed by atoms with Gasteiger partial charge in [0, 0.05) is 5.92 Å². The summed E-state index contributed by atoms with van der Waals surface area (Å²) in [7, 11) is 0. The van der Waals surface area contributed by atoms with E-state index in [1.54, 1.807) is 6.92 Å². The van der Waals surface area contributed by atoms with Gasteiger partial charge in [-0.25, -0.2) is 0 Å². The van der Waals surface area contributed by atoms with Crippen LogP contribution < -0.4 is 0 Å². The van der Waals surface area contributed by atoms with E-state index in [2.05, 4.69) is 51.8 Å².